The number of halogens is 1. The molecule has 0 nitrogen and oxygen atoms in total. The van der Waals surface area contributed by atoms with E-state index in [1.165, 1.54) is 30.9 Å². The Labute approximate surface area is 155 Å². The number of aryl methyl sites for hydroxylation is 1. The van der Waals surface area contributed by atoms with E-state index < -0.39 is 0 Å². The van der Waals surface area contributed by atoms with E-state index in [1.807, 2.05) is 48.5 Å². The van der Waals surface area contributed by atoms with E-state index in [1.54, 1.807) is 6.07 Å². The minimum atomic E-state index is -0.241. The molecule has 3 aromatic carbocycles. The fourth-order valence-electron chi connectivity index (χ4n) is 2.92. The van der Waals surface area contributed by atoms with Gasteiger partial charge in [0, 0.05) is 16.7 Å². The standard InChI is InChI=1S/C25H23F/c1-2-3-5-8-20-11-13-21(14-12-20)15-16-22-17-18-24(25(26)19-22)23-9-6-4-7-10-23/h4,6-7,9-14,17-19H,2-3,5,8H2,1H3. The molecule has 130 valence electrons. The van der Waals surface area contributed by atoms with E-state index in [2.05, 4.69) is 30.9 Å². The Bertz CT molecular complexity index is 896. The maximum Gasteiger partial charge on any atom is 0.132 e. The van der Waals surface area contributed by atoms with Gasteiger partial charge < -0.3 is 0 Å². The molecule has 0 amide bonds. The molecule has 0 aliphatic rings. The Balaban J connectivity index is 1.71. The zero-order chi connectivity index (χ0) is 18.2. The Morgan fingerprint density at radius 1 is 0.769 bits per heavy atom. The number of hydrogen-bond acceptors (Lipinski definition) is 0. The van der Waals surface area contributed by atoms with Crippen LogP contribution in [0.4, 0.5) is 4.39 Å². The first-order valence-electron chi connectivity index (χ1n) is 9.22. The lowest BCUT2D eigenvalue weighted by Gasteiger charge is -2.03. The van der Waals surface area contributed by atoms with Crippen LogP contribution in [-0.4, -0.2) is 0 Å². The largest absolute Gasteiger partial charge is 0.206 e. The highest BCUT2D eigenvalue weighted by atomic mass is 19.1. The maximum absolute atomic E-state index is 14.4. The summed E-state index contributed by atoms with van der Waals surface area (Å²) in [6.45, 7) is 2.22. The van der Waals surface area contributed by atoms with Crippen LogP contribution in [-0.2, 0) is 6.42 Å². The summed E-state index contributed by atoms with van der Waals surface area (Å²) in [7, 11) is 0. The molecule has 0 bridgehead atoms. The summed E-state index contributed by atoms with van der Waals surface area (Å²) in [4.78, 5) is 0. The first-order valence-corrected chi connectivity index (χ1v) is 9.22. The number of unbranched alkanes of at least 4 members (excludes halogenated alkanes) is 2. The highest BCUT2D eigenvalue weighted by molar-refractivity contribution is 5.65. The Morgan fingerprint density at radius 2 is 1.46 bits per heavy atom. The van der Waals surface area contributed by atoms with Gasteiger partial charge in [-0.2, -0.15) is 0 Å². The molecule has 0 unspecified atom stereocenters. The smallest absolute Gasteiger partial charge is 0.132 e. The van der Waals surface area contributed by atoms with Crippen molar-refractivity contribution >= 4 is 0 Å². The molecule has 0 atom stereocenters. The molecule has 26 heavy (non-hydrogen) atoms. The van der Waals surface area contributed by atoms with Crippen molar-refractivity contribution in [3.05, 3.63) is 95.3 Å². The summed E-state index contributed by atoms with van der Waals surface area (Å²) in [5, 5.41) is 0. The fraction of sp³-hybridized carbons (Fsp3) is 0.200. The zero-order valence-electron chi connectivity index (χ0n) is 15.1. The first-order chi connectivity index (χ1) is 12.8. The summed E-state index contributed by atoms with van der Waals surface area (Å²) in [6.07, 6.45) is 4.86. The van der Waals surface area contributed by atoms with Crippen LogP contribution in [0.1, 0.15) is 42.9 Å². The third kappa shape index (κ3) is 4.83. The molecule has 0 aliphatic carbocycles. The van der Waals surface area contributed by atoms with Crippen molar-refractivity contribution in [2.24, 2.45) is 0 Å². The summed E-state index contributed by atoms with van der Waals surface area (Å²) < 4.78 is 14.4. The van der Waals surface area contributed by atoms with Crippen molar-refractivity contribution in [2.45, 2.75) is 32.6 Å². The van der Waals surface area contributed by atoms with E-state index in [4.69, 9.17) is 0 Å². The topological polar surface area (TPSA) is 0 Å². The van der Waals surface area contributed by atoms with E-state index in [0.717, 1.165) is 17.5 Å². The third-order valence-electron chi connectivity index (χ3n) is 4.43. The van der Waals surface area contributed by atoms with E-state index in [9.17, 15) is 4.39 Å². The second-order valence-corrected chi connectivity index (χ2v) is 6.46. The van der Waals surface area contributed by atoms with Crippen molar-refractivity contribution in [3.8, 4) is 23.0 Å². The molecule has 0 spiro atoms. The molecule has 0 saturated carbocycles. The fourth-order valence-corrected chi connectivity index (χ4v) is 2.92. The maximum atomic E-state index is 14.4. The van der Waals surface area contributed by atoms with Crippen LogP contribution < -0.4 is 0 Å². The Morgan fingerprint density at radius 3 is 2.15 bits per heavy atom. The van der Waals surface area contributed by atoms with Gasteiger partial charge in [0.1, 0.15) is 5.82 Å². The van der Waals surface area contributed by atoms with Gasteiger partial charge in [-0.1, -0.05) is 80.1 Å². The third-order valence-corrected chi connectivity index (χ3v) is 4.43. The van der Waals surface area contributed by atoms with Crippen LogP contribution in [0.2, 0.25) is 0 Å². The van der Waals surface area contributed by atoms with E-state index >= 15 is 0 Å². The van der Waals surface area contributed by atoms with Gasteiger partial charge in [-0.3, -0.25) is 0 Å². The van der Waals surface area contributed by atoms with Crippen LogP contribution in [0.3, 0.4) is 0 Å². The van der Waals surface area contributed by atoms with Gasteiger partial charge in [-0.25, -0.2) is 4.39 Å². The molecule has 0 N–H and O–H groups in total. The van der Waals surface area contributed by atoms with Crippen molar-refractivity contribution < 1.29 is 4.39 Å². The number of hydrogen-bond donors (Lipinski definition) is 0. The summed E-state index contributed by atoms with van der Waals surface area (Å²) in [5.41, 5.74) is 4.48. The lowest BCUT2D eigenvalue weighted by Crippen LogP contribution is -1.87. The highest BCUT2D eigenvalue weighted by Gasteiger charge is 2.04. The number of rotatable bonds is 5. The molecule has 0 radical (unpaired) electrons. The van der Waals surface area contributed by atoms with Gasteiger partial charge in [0.2, 0.25) is 0 Å². The molecule has 3 aromatic rings. The summed E-state index contributed by atoms with van der Waals surface area (Å²) in [5.74, 6) is 5.95. The van der Waals surface area contributed by atoms with E-state index in [0.29, 0.717) is 11.1 Å². The Kier molecular flexibility index (Phi) is 6.23. The predicted molar refractivity (Wildman–Crippen MR) is 107 cm³/mol. The minimum Gasteiger partial charge on any atom is -0.206 e. The van der Waals surface area contributed by atoms with Gasteiger partial charge in [0.25, 0.3) is 0 Å². The molecular formula is C25H23F. The second-order valence-electron chi connectivity index (χ2n) is 6.46. The van der Waals surface area contributed by atoms with Gasteiger partial charge in [0.05, 0.1) is 0 Å². The van der Waals surface area contributed by atoms with Crippen molar-refractivity contribution in [1.82, 2.24) is 0 Å². The zero-order valence-corrected chi connectivity index (χ0v) is 15.1. The molecule has 3 rings (SSSR count). The SMILES string of the molecule is CCCCCc1ccc(C#Cc2ccc(-c3ccccc3)c(F)c2)cc1. The summed E-state index contributed by atoms with van der Waals surface area (Å²) in [6, 6.07) is 23.1. The van der Waals surface area contributed by atoms with Gasteiger partial charge in [-0.15, -0.1) is 0 Å². The van der Waals surface area contributed by atoms with Crippen molar-refractivity contribution in [2.75, 3.05) is 0 Å². The van der Waals surface area contributed by atoms with Crippen LogP contribution in [0, 0.1) is 17.7 Å². The minimum absolute atomic E-state index is 0.241. The molecule has 1 heteroatoms. The van der Waals surface area contributed by atoms with Crippen LogP contribution in [0.5, 0.6) is 0 Å². The second kappa shape index (κ2) is 9.02. The van der Waals surface area contributed by atoms with Gasteiger partial charge in [0.15, 0.2) is 0 Å². The lowest BCUT2D eigenvalue weighted by atomic mass is 10.0. The normalized spacial score (nSPS) is 10.2. The Hall–Kier alpha value is -2.85. The van der Waals surface area contributed by atoms with Gasteiger partial charge in [-0.05, 0) is 48.2 Å². The number of benzene rings is 3. The average Bonchev–Trinajstić information content (AvgIpc) is 2.68. The molecule has 0 heterocycles. The van der Waals surface area contributed by atoms with Crippen molar-refractivity contribution in [1.29, 1.82) is 0 Å². The van der Waals surface area contributed by atoms with Gasteiger partial charge >= 0.3 is 0 Å². The van der Waals surface area contributed by atoms with Crippen LogP contribution in [0.15, 0.2) is 72.8 Å². The van der Waals surface area contributed by atoms with Crippen LogP contribution in [0.25, 0.3) is 11.1 Å². The van der Waals surface area contributed by atoms with Crippen molar-refractivity contribution in [3.63, 3.8) is 0 Å². The first kappa shape index (κ1) is 18.0. The molecular weight excluding hydrogens is 319 g/mol. The molecule has 0 saturated heterocycles. The monoisotopic (exact) mass is 342 g/mol. The van der Waals surface area contributed by atoms with E-state index in [-0.39, 0.29) is 5.82 Å². The average molecular weight is 342 g/mol. The lowest BCUT2D eigenvalue weighted by molar-refractivity contribution is 0.631. The molecule has 0 aliphatic heterocycles. The molecule has 0 aromatic heterocycles. The highest BCUT2D eigenvalue weighted by Crippen LogP contribution is 2.23. The summed E-state index contributed by atoms with van der Waals surface area (Å²) >= 11 is 0. The molecule has 0 fully saturated rings. The quantitative estimate of drug-likeness (QED) is 0.361. The van der Waals surface area contributed by atoms with Crippen LogP contribution >= 0.6 is 0 Å². The predicted octanol–water partition coefficient (Wildman–Crippen LogP) is 6.63.